The summed E-state index contributed by atoms with van der Waals surface area (Å²) in [4.78, 5) is 4.14. The molecule has 0 aliphatic heterocycles. The topological polar surface area (TPSA) is 0 Å². The van der Waals surface area contributed by atoms with Gasteiger partial charge in [0.05, 0.1) is 9.40 Å². The van der Waals surface area contributed by atoms with Crippen LogP contribution in [0.2, 0.25) is 0 Å². The molecule has 0 bridgehead atoms. The molecular weight excluding hydrogens is 437 g/mol. The number of rotatable bonds is 1. The molecule has 5 aromatic heterocycles. The molecule has 2 aromatic carbocycles. The third kappa shape index (κ3) is 2.19. The Bertz CT molecular complexity index is 1660. The van der Waals surface area contributed by atoms with Crippen molar-refractivity contribution in [2.24, 2.45) is 0 Å². The van der Waals surface area contributed by atoms with Crippen molar-refractivity contribution >= 4 is 106 Å². The molecule has 0 amide bonds. The van der Waals surface area contributed by atoms with Gasteiger partial charge in [0, 0.05) is 44.2 Å². The minimum absolute atomic E-state index is 1.37. The predicted octanol–water partition coefficient (Wildman–Crippen LogP) is 9.74. The maximum atomic E-state index is 2.42. The van der Waals surface area contributed by atoms with E-state index in [2.05, 4.69) is 60.8 Å². The van der Waals surface area contributed by atoms with Crippen molar-refractivity contribution in [2.45, 2.75) is 6.92 Å². The van der Waals surface area contributed by atoms with Crippen LogP contribution in [0.1, 0.15) is 4.88 Å². The van der Waals surface area contributed by atoms with Crippen LogP contribution in [0.15, 0.2) is 53.9 Å². The molecule has 5 heteroatoms. The van der Waals surface area contributed by atoms with Gasteiger partial charge in [0.1, 0.15) is 0 Å². The Hall–Kier alpha value is -1.76. The first-order valence-corrected chi connectivity index (χ1v) is 13.1. The largest absolute Gasteiger partial charge is 0.143 e. The maximum Gasteiger partial charge on any atom is 0.0542 e. The van der Waals surface area contributed by atoms with Crippen LogP contribution in [0.4, 0.5) is 0 Å². The molecule has 134 valence electrons. The van der Waals surface area contributed by atoms with Gasteiger partial charge in [-0.15, -0.1) is 56.7 Å². The van der Waals surface area contributed by atoms with E-state index in [-0.39, 0.29) is 0 Å². The molecule has 0 radical (unpaired) electrons. The average molecular weight is 449 g/mol. The number of fused-ring (bicyclic) bond motifs is 7. The minimum atomic E-state index is 1.37. The van der Waals surface area contributed by atoms with E-state index in [0.717, 1.165) is 0 Å². The average Bonchev–Trinajstić information content (AvgIpc) is 3.46. The van der Waals surface area contributed by atoms with Crippen LogP contribution < -0.4 is 0 Å². The number of hydrogen-bond donors (Lipinski definition) is 0. The summed E-state index contributed by atoms with van der Waals surface area (Å²) in [5, 5.41) is 7.76. The lowest BCUT2D eigenvalue weighted by Crippen LogP contribution is -1.64. The molecule has 7 aromatic rings. The molecular formula is C23H12S5. The number of hydrogen-bond acceptors (Lipinski definition) is 5. The normalized spacial score (nSPS) is 12.5. The monoisotopic (exact) mass is 448 g/mol. The highest BCUT2D eigenvalue weighted by Crippen LogP contribution is 2.48. The van der Waals surface area contributed by atoms with Gasteiger partial charge in [-0.2, -0.15) is 0 Å². The van der Waals surface area contributed by atoms with Gasteiger partial charge in [-0.1, -0.05) is 6.07 Å². The minimum Gasteiger partial charge on any atom is -0.143 e. The molecule has 0 saturated heterocycles. The summed E-state index contributed by atoms with van der Waals surface area (Å²) in [6, 6.07) is 18.6. The van der Waals surface area contributed by atoms with E-state index in [9.17, 15) is 0 Å². The highest BCUT2D eigenvalue weighted by molar-refractivity contribution is 7.37. The number of aryl methyl sites for hydroxylation is 1. The second-order valence-corrected chi connectivity index (χ2v) is 12.5. The van der Waals surface area contributed by atoms with Crippen LogP contribution >= 0.6 is 56.7 Å². The molecule has 5 heterocycles. The molecule has 0 atom stereocenters. The highest BCUT2D eigenvalue weighted by Gasteiger charge is 2.15. The number of benzene rings is 2. The molecule has 0 N–H and O–H groups in total. The summed E-state index contributed by atoms with van der Waals surface area (Å²) in [6.07, 6.45) is 0. The van der Waals surface area contributed by atoms with Crippen LogP contribution in [0, 0.1) is 6.92 Å². The van der Waals surface area contributed by atoms with E-state index < -0.39 is 0 Å². The van der Waals surface area contributed by atoms with Crippen molar-refractivity contribution in [1.29, 1.82) is 0 Å². The fourth-order valence-electron chi connectivity index (χ4n) is 4.00. The summed E-state index contributed by atoms with van der Waals surface area (Å²) in [7, 11) is 0. The first kappa shape index (κ1) is 16.1. The van der Waals surface area contributed by atoms with Crippen LogP contribution in [0.5, 0.6) is 0 Å². The molecule has 28 heavy (non-hydrogen) atoms. The Labute approximate surface area is 180 Å². The Balaban J connectivity index is 1.53. The van der Waals surface area contributed by atoms with Gasteiger partial charge in [0.25, 0.3) is 0 Å². The zero-order valence-electron chi connectivity index (χ0n) is 14.7. The van der Waals surface area contributed by atoms with E-state index in [1.54, 1.807) is 0 Å². The summed E-state index contributed by atoms with van der Waals surface area (Å²) in [6.45, 7) is 2.20. The van der Waals surface area contributed by atoms with Crippen LogP contribution in [-0.2, 0) is 0 Å². The van der Waals surface area contributed by atoms with E-state index in [1.165, 1.54) is 64.4 Å². The van der Waals surface area contributed by atoms with Crippen molar-refractivity contribution < 1.29 is 0 Å². The van der Waals surface area contributed by atoms with Gasteiger partial charge < -0.3 is 0 Å². The van der Waals surface area contributed by atoms with Crippen molar-refractivity contribution in [1.82, 2.24) is 0 Å². The van der Waals surface area contributed by atoms with Crippen LogP contribution in [-0.4, -0.2) is 0 Å². The first-order chi connectivity index (χ1) is 13.7. The first-order valence-electron chi connectivity index (χ1n) is 8.99. The lowest BCUT2D eigenvalue weighted by atomic mass is 10.1. The lowest BCUT2D eigenvalue weighted by Gasteiger charge is -1.93. The van der Waals surface area contributed by atoms with Gasteiger partial charge in [-0.3, -0.25) is 0 Å². The van der Waals surface area contributed by atoms with Crippen LogP contribution in [0.25, 0.3) is 59.5 Å². The Kier molecular flexibility index (Phi) is 3.24. The zero-order valence-corrected chi connectivity index (χ0v) is 18.8. The summed E-state index contributed by atoms with van der Waals surface area (Å²) < 4.78 is 8.54. The Morgan fingerprint density at radius 1 is 0.607 bits per heavy atom. The van der Waals surface area contributed by atoms with Gasteiger partial charge in [0.2, 0.25) is 0 Å². The molecule has 0 saturated carbocycles. The molecule has 0 nitrogen and oxygen atoms in total. The van der Waals surface area contributed by atoms with Crippen molar-refractivity contribution in [3.05, 3.63) is 58.8 Å². The van der Waals surface area contributed by atoms with Gasteiger partial charge >= 0.3 is 0 Å². The Morgan fingerprint density at radius 3 is 1.96 bits per heavy atom. The van der Waals surface area contributed by atoms with E-state index in [0.29, 0.717) is 0 Å². The number of thiophene rings is 5. The SMILES string of the molecule is Cc1cc2cc3c(cc2s1)sc1c2cc4cc(-c5cccs5)sc4cc2sc31. The molecule has 0 aliphatic rings. The quantitative estimate of drug-likeness (QED) is 0.234. The fourth-order valence-corrected chi connectivity index (χ4v) is 9.68. The second-order valence-electron chi connectivity index (χ2n) is 7.08. The van der Waals surface area contributed by atoms with Crippen LogP contribution in [0.3, 0.4) is 0 Å². The molecule has 0 unspecified atom stereocenters. The summed E-state index contributed by atoms with van der Waals surface area (Å²) in [5.41, 5.74) is 0. The molecule has 0 spiro atoms. The molecule has 7 rings (SSSR count). The molecule has 0 fully saturated rings. The predicted molar refractivity (Wildman–Crippen MR) is 134 cm³/mol. The third-order valence-corrected chi connectivity index (χ3v) is 10.9. The third-order valence-electron chi connectivity index (χ3n) is 5.24. The maximum absolute atomic E-state index is 2.42. The van der Waals surface area contributed by atoms with Crippen molar-refractivity contribution in [3.8, 4) is 9.75 Å². The fraction of sp³-hybridized carbons (Fsp3) is 0.0435. The van der Waals surface area contributed by atoms with E-state index in [1.807, 2.05) is 56.7 Å². The van der Waals surface area contributed by atoms with Crippen molar-refractivity contribution in [2.75, 3.05) is 0 Å². The smallest absolute Gasteiger partial charge is 0.0542 e. The van der Waals surface area contributed by atoms with Crippen molar-refractivity contribution in [3.63, 3.8) is 0 Å². The highest BCUT2D eigenvalue weighted by atomic mass is 32.1. The standard InChI is InChI=1S/C23H12S5/c1-11-5-12-6-14-19(9-17(12)25-11)27-23-15-7-13-8-21(16-3-2-4-24-16)26-18(13)10-20(15)28-22(14)23/h2-10H,1H3. The van der Waals surface area contributed by atoms with Gasteiger partial charge in [-0.25, -0.2) is 0 Å². The lowest BCUT2D eigenvalue weighted by molar-refractivity contribution is 1.66. The Morgan fingerprint density at radius 2 is 1.29 bits per heavy atom. The van der Waals surface area contributed by atoms with E-state index >= 15 is 0 Å². The summed E-state index contributed by atoms with van der Waals surface area (Å²) >= 11 is 9.55. The van der Waals surface area contributed by atoms with E-state index in [4.69, 9.17) is 0 Å². The molecule has 0 aliphatic carbocycles. The van der Waals surface area contributed by atoms with Gasteiger partial charge in [0.15, 0.2) is 0 Å². The van der Waals surface area contributed by atoms with Gasteiger partial charge in [-0.05, 0) is 65.5 Å². The second kappa shape index (κ2) is 5.65. The summed E-state index contributed by atoms with van der Waals surface area (Å²) in [5.74, 6) is 0. The zero-order chi connectivity index (χ0) is 18.4.